The summed E-state index contributed by atoms with van der Waals surface area (Å²) in [7, 11) is 1.56. The number of nitrogens with zero attached hydrogens (tertiary/aromatic N) is 1. The number of aliphatic hydroxyl groups excluding tert-OH is 1. The molecule has 3 radical (unpaired) electrons. The molecule has 0 bridgehead atoms. The summed E-state index contributed by atoms with van der Waals surface area (Å²) in [6, 6.07) is 8.43. The van der Waals surface area contributed by atoms with Gasteiger partial charge in [-0.1, -0.05) is 44.0 Å². The number of hydrogen-bond donors (Lipinski definition) is 1. The minimum atomic E-state index is -3.41. The van der Waals surface area contributed by atoms with Crippen LogP contribution in [-0.4, -0.2) is 80.1 Å². The van der Waals surface area contributed by atoms with Gasteiger partial charge < -0.3 is 17.4 Å². The van der Waals surface area contributed by atoms with Gasteiger partial charge in [0.2, 0.25) is 19.1 Å². The normalized spacial score (nSPS) is 10.8. The molecule has 0 fully saturated rings. The van der Waals surface area contributed by atoms with Crippen molar-refractivity contribution in [3.8, 4) is 0 Å². The van der Waals surface area contributed by atoms with Crippen LogP contribution in [0.3, 0.4) is 0 Å². The third-order valence-electron chi connectivity index (χ3n) is 4.76. The van der Waals surface area contributed by atoms with Gasteiger partial charge in [0.05, 0.1) is 43.4 Å². The molecule has 42 heavy (non-hydrogen) atoms. The molecule has 10 nitrogen and oxygen atoms in total. The zero-order valence-corrected chi connectivity index (χ0v) is 31.6. The quantitative estimate of drug-likeness (QED) is 0.190. The van der Waals surface area contributed by atoms with Gasteiger partial charge in [-0.3, -0.25) is 0 Å². The number of rotatable bonds is 3. The summed E-state index contributed by atoms with van der Waals surface area (Å²) in [6.07, 6.45) is 8.50. The molecule has 0 atom stereocenters. The Morgan fingerprint density at radius 3 is 1.86 bits per heavy atom. The number of benzene rings is 2. The van der Waals surface area contributed by atoms with Crippen molar-refractivity contribution in [2.45, 2.75) is 6.42 Å². The Hall–Kier alpha value is -0.568. The van der Waals surface area contributed by atoms with Crippen LogP contribution < -0.4 is 48.4 Å². The minimum absolute atomic E-state index is 0. The van der Waals surface area contributed by atoms with Crippen LogP contribution in [0.4, 0.5) is 0 Å². The van der Waals surface area contributed by atoms with Crippen LogP contribution in [0.2, 0.25) is 0 Å². The van der Waals surface area contributed by atoms with Crippen molar-refractivity contribution in [2.75, 3.05) is 33.8 Å². The second-order valence-electron chi connectivity index (χ2n) is 7.57. The molecule has 4 rings (SSSR count). The zero-order chi connectivity index (χ0) is 30.1. The van der Waals surface area contributed by atoms with Crippen LogP contribution in [0.5, 0.6) is 0 Å². The van der Waals surface area contributed by atoms with Crippen LogP contribution >= 0.6 is 42.5 Å². The summed E-state index contributed by atoms with van der Waals surface area (Å²) in [4.78, 5) is 22.8. The number of ether oxygens (including phenoxy) is 2. The van der Waals surface area contributed by atoms with Gasteiger partial charge in [-0.2, -0.15) is 0 Å². The van der Waals surface area contributed by atoms with E-state index in [2.05, 4.69) is 64.2 Å². The molecule has 0 saturated heterocycles. The fraction of sp³-hybridized carbons (Fsp3) is 0.250. The molecule has 18 heteroatoms. The van der Waals surface area contributed by atoms with Gasteiger partial charge in [0.15, 0.2) is 0 Å². The summed E-state index contributed by atoms with van der Waals surface area (Å²) in [6.45, 7) is 0. The van der Waals surface area contributed by atoms with E-state index < -0.39 is 25.0 Å². The first-order chi connectivity index (χ1) is 18.1. The number of hydrogen-bond acceptors (Lipinski definition) is 9. The number of carbonyl (C=O) groups is 2. The Bertz CT molecular complexity index is 1620. The van der Waals surface area contributed by atoms with Gasteiger partial charge in [0.1, 0.15) is 0 Å². The third kappa shape index (κ3) is 14.0. The van der Waals surface area contributed by atoms with Gasteiger partial charge in [0.25, 0.3) is 0 Å². The average molecular weight is 775 g/mol. The SMILES string of the molecule is CO.COC(=O)c1cc(Br)c2c(c1)CC=C2.COC(=O)c1cc(Br)c2ccn(S(C)(=O)=O)c2c1.CS(=O)(=O)Cl.[B].[H-].[H-].[Li+].[Na+]. The van der Waals surface area contributed by atoms with Crippen LogP contribution in [0, 0.1) is 0 Å². The van der Waals surface area contributed by atoms with E-state index >= 15 is 0 Å². The van der Waals surface area contributed by atoms with Gasteiger partial charge >= 0.3 is 60.4 Å². The molecule has 1 heterocycles. The molecule has 1 aromatic heterocycles. The molecule has 0 unspecified atom stereocenters. The Kier molecular flexibility index (Phi) is 22.3. The minimum Gasteiger partial charge on any atom is -1.00 e. The summed E-state index contributed by atoms with van der Waals surface area (Å²) >= 11 is 6.75. The number of allylic oxidation sites excluding steroid dienone is 1. The summed E-state index contributed by atoms with van der Waals surface area (Å²) in [5.74, 6) is -0.806. The van der Waals surface area contributed by atoms with Crippen molar-refractivity contribution in [3.63, 3.8) is 0 Å². The van der Waals surface area contributed by atoms with Crippen LogP contribution in [-0.2, 0) is 35.0 Å². The summed E-state index contributed by atoms with van der Waals surface area (Å²) in [5, 5.41) is 7.72. The predicted molar refractivity (Wildman–Crippen MR) is 166 cm³/mol. The van der Waals surface area contributed by atoms with Crippen molar-refractivity contribution in [1.29, 1.82) is 0 Å². The molecule has 0 aliphatic heterocycles. The molecule has 0 saturated carbocycles. The van der Waals surface area contributed by atoms with Crippen LogP contribution in [0.15, 0.2) is 51.6 Å². The summed E-state index contributed by atoms with van der Waals surface area (Å²) < 4.78 is 54.0. The average Bonchev–Trinajstić information content (AvgIpc) is 3.51. The molecule has 0 amide bonds. The van der Waals surface area contributed by atoms with Crippen LogP contribution in [0.1, 0.15) is 34.7 Å². The molecule has 3 aromatic rings. The maximum atomic E-state index is 11.6. The maximum absolute atomic E-state index is 11.6. The van der Waals surface area contributed by atoms with Crippen molar-refractivity contribution >= 4 is 98.9 Å². The Morgan fingerprint density at radius 1 is 0.952 bits per heavy atom. The molecule has 1 aliphatic carbocycles. The number of halogens is 3. The Morgan fingerprint density at radius 2 is 1.40 bits per heavy atom. The molecule has 1 N–H and O–H groups in total. The van der Waals surface area contributed by atoms with Gasteiger partial charge in [0, 0.05) is 46.7 Å². The molecule has 2 aromatic carbocycles. The first kappa shape index (κ1) is 45.9. The molecule has 221 valence electrons. The number of carbonyl (C=O) groups excluding carboxylic acids is 2. The van der Waals surface area contributed by atoms with E-state index in [9.17, 15) is 26.4 Å². The van der Waals surface area contributed by atoms with E-state index in [1.807, 2.05) is 6.07 Å². The number of aromatic nitrogens is 1. The first-order valence-corrected chi connectivity index (χ1v) is 16.7. The van der Waals surface area contributed by atoms with E-state index in [1.54, 1.807) is 18.2 Å². The Labute approximate surface area is 306 Å². The second kappa shape index (κ2) is 20.5. The second-order valence-corrected chi connectivity index (χ2v) is 14.2. The first-order valence-electron chi connectivity index (χ1n) is 10.6. The molecular formula is C24H28BBr2ClLiNNaO9S2. The number of aliphatic hydroxyl groups is 1. The molecular weight excluding hydrogens is 746 g/mol. The number of methoxy groups -OCH3 is 2. The Balaban J connectivity index is -0.000000176. The summed E-state index contributed by atoms with van der Waals surface area (Å²) in [5.41, 5.74) is 3.66. The van der Waals surface area contributed by atoms with Gasteiger partial charge in [-0.15, -0.1) is 0 Å². The standard InChI is InChI=1S/C11H10BrNO4S.C11H9BrO2.CH3ClO2S.CH4O.B.Li.Na.2H/c1-17-11(14)7-5-9(12)8-3-4-13(10(8)6-7)18(2,15)16;1-14-11(13)8-5-7-3-2-4-9(7)10(12)6-8;1-5(2,3)4;1-2;;;;;/h3-6H,1-2H3;2,4-6H,3H2,1H3;1H3;2H,1H3;;;;;/q;;;;;2*+1;2*-1. The smallest absolute Gasteiger partial charge is 1.00 e. The van der Waals surface area contributed by atoms with Gasteiger partial charge in [-0.25, -0.2) is 30.4 Å². The monoisotopic (exact) mass is 772 g/mol. The van der Waals surface area contributed by atoms with E-state index in [0.717, 1.165) is 40.1 Å². The number of fused-ring (bicyclic) bond motifs is 2. The van der Waals surface area contributed by atoms with E-state index in [0.29, 0.717) is 26.5 Å². The fourth-order valence-electron chi connectivity index (χ4n) is 3.27. The van der Waals surface area contributed by atoms with E-state index in [1.165, 1.54) is 32.0 Å². The van der Waals surface area contributed by atoms with Gasteiger partial charge in [-0.05, 0) is 47.9 Å². The largest absolute Gasteiger partial charge is 1.00 e. The molecule has 0 spiro atoms. The van der Waals surface area contributed by atoms with E-state index in [4.69, 9.17) is 5.11 Å². The van der Waals surface area contributed by atoms with E-state index in [-0.39, 0.29) is 65.7 Å². The number of esters is 2. The van der Waals surface area contributed by atoms with Crippen molar-refractivity contribution in [2.24, 2.45) is 0 Å². The van der Waals surface area contributed by atoms with Crippen molar-refractivity contribution in [1.82, 2.24) is 3.97 Å². The maximum Gasteiger partial charge on any atom is 1.00 e. The van der Waals surface area contributed by atoms with Crippen molar-refractivity contribution in [3.05, 3.63) is 73.8 Å². The third-order valence-corrected chi connectivity index (χ3v) is 7.10. The molecule has 1 aliphatic rings. The fourth-order valence-corrected chi connectivity index (χ4v) is 5.27. The zero-order valence-electron chi connectivity index (χ0n) is 26.0. The van der Waals surface area contributed by atoms with Crippen LogP contribution in [0.25, 0.3) is 17.0 Å². The topological polar surface area (TPSA) is 146 Å². The van der Waals surface area contributed by atoms with Crippen molar-refractivity contribution < 1.29 is 92.3 Å². The predicted octanol–water partition coefficient (Wildman–Crippen LogP) is -1.55.